The molecule has 1 atom stereocenters. The SMILES string of the molecule is c1ccc(CN2CCOC(c3nnn4cc(-c5cccs5)ccc34)C2)nc1. The van der Waals surface area contributed by atoms with Gasteiger partial charge in [0, 0.05) is 42.5 Å². The number of aromatic nitrogens is 4. The summed E-state index contributed by atoms with van der Waals surface area (Å²) in [5.74, 6) is 0. The minimum atomic E-state index is -0.0763. The molecule has 0 saturated carbocycles. The summed E-state index contributed by atoms with van der Waals surface area (Å²) >= 11 is 1.72. The van der Waals surface area contributed by atoms with E-state index in [1.54, 1.807) is 11.3 Å². The summed E-state index contributed by atoms with van der Waals surface area (Å²) < 4.78 is 7.88. The van der Waals surface area contributed by atoms with Gasteiger partial charge in [-0.2, -0.15) is 0 Å². The first-order valence-corrected chi connectivity index (χ1v) is 9.87. The Labute approximate surface area is 161 Å². The lowest BCUT2D eigenvalue weighted by molar-refractivity contribution is -0.0346. The minimum Gasteiger partial charge on any atom is -0.369 e. The van der Waals surface area contributed by atoms with Gasteiger partial charge in [-0.1, -0.05) is 17.3 Å². The zero-order valence-electron chi connectivity index (χ0n) is 14.7. The van der Waals surface area contributed by atoms with Crippen LogP contribution in [0.3, 0.4) is 0 Å². The molecule has 1 unspecified atom stereocenters. The molecule has 27 heavy (non-hydrogen) atoms. The van der Waals surface area contributed by atoms with Gasteiger partial charge in [0.05, 0.1) is 17.8 Å². The molecule has 0 radical (unpaired) electrons. The molecule has 1 saturated heterocycles. The van der Waals surface area contributed by atoms with Gasteiger partial charge in [-0.25, -0.2) is 4.52 Å². The van der Waals surface area contributed by atoms with Gasteiger partial charge in [-0.05, 0) is 35.7 Å². The molecule has 136 valence electrons. The van der Waals surface area contributed by atoms with Crippen LogP contribution >= 0.6 is 11.3 Å². The standard InChI is InChI=1S/C20H19N5OS/c1-2-8-21-16(4-1)13-24-9-10-26-18(14-24)20-17-7-6-15(12-25(17)23-22-20)19-5-3-11-27-19/h1-8,11-12,18H,9-10,13-14H2. The van der Waals surface area contributed by atoms with Gasteiger partial charge < -0.3 is 4.74 Å². The van der Waals surface area contributed by atoms with E-state index >= 15 is 0 Å². The molecule has 5 heterocycles. The Hall–Kier alpha value is -2.61. The van der Waals surface area contributed by atoms with E-state index in [2.05, 4.69) is 55.9 Å². The van der Waals surface area contributed by atoms with Crippen molar-refractivity contribution in [1.82, 2.24) is 24.7 Å². The van der Waals surface area contributed by atoms with E-state index in [9.17, 15) is 0 Å². The van der Waals surface area contributed by atoms with Gasteiger partial charge in [0.25, 0.3) is 0 Å². The maximum absolute atomic E-state index is 6.03. The number of hydrogen-bond donors (Lipinski definition) is 0. The van der Waals surface area contributed by atoms with E-state index in [4.69, 9.17) is 4.74 Å². The summed E-state index contributed by atoms with van der Waals surface area (Å²) in [7, 11) is 0. The first kappa shape index (κ1) is 16.6. The molecular formula is C20H19N5OS. The fourth-order valence-corrected chi connectivity index (χ4v) is 4.18. The smallest absolute Gasteiger partial charge is 0.121 e. The number of morpholine rings is 1. The van der Waals surface area contributed by atoms with Crippen molar-refractivity contribution in [1.29, 1.82) is 0 Å². The molecular weight excluding hydrogens is 358 g/mol. The second-order valence-corrected chi connectivity index (χ2v) is 7.56. The zero-order valence-corrected chi connectivity index (χ0v) is 15.5. The lowest BCUT2D eigenvalue weighted by Gasteiger charge is -2.31. The molecule has 0 spiro atoms. The predicted molar refractivity (Wildman–Crippen MR) is 105 cm³/mol. The number of hydrogen-bond acceptors (Lipinski definition) is 6. The molecule has 1 aliphatic rings. The molecule has 1 aliphatic heterocycles. The van der Waals surface area contributed by atoms with E-state index in [0.29, 0.717) is 6.61 Å². The Morgan fingerprint density at radius 2 is 2.15 bits per heavy atom. The van der Waals surface area contributed by atoms with Crippen LogP contribution in [0.2, 0.25) is 0 Å². The lowest BCUT2D eigenvalue weighted by atomic mass is 10.1. The summed E-state index contributed by atoms with van der Waals surface area (Å²) in [5.41, 5.74) is 4.13. The summed E-state index contributed by atoms with van der Waals surface area (Å²) in [6.45, 7) is 3.19. The summed E-state index contributed by atoms with van der Waals surface area (Å²) in [4.78, 5) is 8.02. The van der Waals surface area contributed by atoms with Gasteiger partial charge >= 0.3 is 0 Å². The molecule has 1 fully saturated rings. The van der Waals surface area contributed by atoms with Crippen molar-refractivity contribution in [3.63, 3.8) is 0 Å². The van der Waals surface area contributed by atoms with E-state index in [1.807, 2.05) is 29.0 Å². The Balaban J connectivity index is 1.38. The summed E-state index contributed by atoms with van der Waals surface area (Å²) in [6.07, 6.45) is 3.80. The van der Waals surface area contributed by atoms with Crippen molar-refractivity contribution in [2.24, 2.45) is 0 Å². The summed E-state index contributed by atoms with van der Waals surface area (Å²) in [6, 6.07) is 14.4. The number of thiophene rings is 1. The largest absolute Gasteiger partial charge is 0.369 e. The van der Waals surface area contributed by atoms with Crippen LogP contribution in [0.4, 0.5) is 0 Å². The highest BCUT2D eigenvalue weighted by Crippen LogP contribution is 2.28. The number of pyridine rings is 2. The maximum atomic E-state index is 6.03. The lowest BCUT2D eigenvalue weighted by Crippen LogP contribution is -2.38. The molecule has 0 bridgehead atoms. The Morgan fingerprint density at radius 1 is 1.15 bits per heavy atom. The van der Waals surface area contributed by atoms with Crippen molar-refractivity contribution < 1.29 is 4.74 Å². The van der Waals surface area contributed by atoms with Gasteiger partial charge in [-0.3, -0.25) is 9.88 Å². The maximum Gasteiger partial charge on any atom is 0.121 e. The van der Waals surface area contributed by atoms with Crippen molar-refractivity contribution in [3.05, 3.63) is 71.6 Å². The van der Waals surface area contributed by atoms with Gasteiger partial charge in [0.2, 0.25) is 0 Å². The van der Waals surface area contributed by atoms with Crippen LogP contribution in [0.5, 0.6) is 0 Å². The van der Waals surface area contributed by atoms with Crippen LogP contribution in [-0.4, -0.2) is 44.4 Å². The number of ether oxygens (including phenoxy) is 1. The first-order valence-electron chi connectivity index (χ1n) is 8.99. The molecule has 0 amide bonds. The van der Waals surface area contributed by atoms with Crippen molar-refractivity contribution >= 4 is 16.9 Å². The average molecular weight is 377 g/mol. The molecule has 4 aromatic heterocycles. The zero-order chi connectivity index (χ0) is 18.1. The predicted octanol–water partition coefficient (Wildman–Crippen LogP) is 3.43. The highest BCUT2D eigenvalue weighted by molar-refractivity contribution is 7.13. The van der Waals surface area contributed by atoms with E-state index < -0.39 is 0 Å². The molecule has 7 heteroatoms. The van der Waals surface area contributed by atoms with E-state index in [0.717, 1.165) is 42.1 Å². The van der Waals surface area contributed by atoms with Crippen LogP contribution in [0, 0.1) is 0 Å². The van der Waals surface area contributed by atoms with Gasteiger partial charge in [0.15, 0.2) is 0 Å². The molecule has 5 rings (SSSR count). The monoisotopic (exact) mass is 377 g/mol. The second kappa shape index (κ2) is 7.19. The van der Waals surface area contributed by atoms with Crippen LogP contribution in [0.25, 0.3) is 16.0 Å². The quantitative estimate of drug-likeness (QED) is 0.545. The third kappa shape index (κ3) is 3.37. The van der Waals surface area contributed by atoms with Crippen LogP contribution in [0.15, 0.2) is 60.2 Å². The molecule has 0 aromatic carbocycles. The number of nitrogens with zero attached hydrogens (tertiary/aromatic N) is 5. The average Bonchev–Trinajstić information content (AvgIpc) is 3.38. The molecule has 0 aliphatic carbocycles. The fourth-order valence-electron chi connectivity index (χ4n) is 3.46. The highest BCUT2D eigenvalue weighted by Gasteiger charge is 2.26. The van der Waals surface area contributed by atoms with Crippen molar-refractivity contribution in [2.45, 2.75) is 12.6 Å². The Bertz CT molecular complexity index is 1030. The van der Waals surface area contributed by atoms with E-state index in [1.165, 1.54) is 4.88 Å². The van der Waals surface area contributed by atoms with Crippen LogP contribution in [-0.2, 0) is 11.3 Å². The number of rotatable bonds is 4. The van der Waals surface area contributed by atoms with Crippen LogP contribution in [0.1, 0.15) is 17.5 Å². The molecule has 4 aromatic rings. The second-order valence-electron chi connectivity index (χ2n) is 6.62. The Kier molecular flexibility index (Phi) is 4.41. The normalized spacial score (nSPS) is 18.1. The van der Waals surface area contributed by atoms with Gasteiger partial charge in [0.1, 0.15) is 11.8 Å². The van der Waals surface area contributed by atoms with Crippen molar-refractivity contribution in [3.8, 4) is 10.4 Å². The summed E-state index contributed by atoms with van der Waals surface area (Å²) in [5, 5.41) is 10.8. The molecule has 0 N–H and O–H groups in total. The molecule has 6 nitrogen and oxygen atoms in total. The topological polar surface area (TPSA) is 55.5 Å². The third-order valence-electron chi connectivity index (χ3n) is 4.81. The first-order chi connectivity index (χ1) is 13.4. The third-order valence-corrected chi connectivity index (χ3v) is 5.73. The van der Waals surface area contributed by atoms with E-state index in [-0.39, 0.29) is 6.10 Å². The minimum absolute atomic E-state index is 0.0763. The van der Waals surface area contributed by atoms with Gasteiger partial charge in [-0.15, -0.1) is 16.4 Å². The Morgan fingerprint density at radius 3 is 3.00 bits per heavy atom. The van der Waals surface area contributed by atoms with Crippen LogP contribution < -0.4 is 0 Å². The number of fused-ring (bicyclic) bond motifs is 1. The highest BCUT2D eigenvalue weighted by atomic mass is 32.1. The van der Waals surface area contributed by atoms with Crippen molar-refractivity contribution in [2.75, 3.05) is 19.7 Å². The fraction of sp³-hybridized carbons (Fsp3) is 0.250.